The number of nitrogens with one attached hydrogen (secondary N) is 1. The molecule has 7 nitrogen and oxygen atoms in total. The molecule has 26 heavy (non-hydrogen) atoms. The molecule has 0 saturated heterocycles. The lowest BCUT2D eigenvalue weighted by Crippen LogP contribution is -2.13. The van der Waals surface area contributed by atoms with Crippen LogP contribution in [0.2, 0.25) is 0 Å². The summed E-state index contributed by atoms with van der Waals surface area (Å²) in [5.41, 5.74) is 1.29. The molecule has 1 N–H and O–H groups in total. The fourth-order valence-corrected chi connectivity index (χ4v) is 3.53. The van der Waals surface area contributed by atoms with Crippen molar-refractivity contribution in [3.05, 3.63) is 53.8 Å². The zero-order chi connectivity index (χ0) is 18.1. The van der Waals surface area contributed by atoms with Gasteiger partial charge in [-0.05, 0) is 17.5 Å². The highest BCUT2D eigenvalue weighted by molar-refractivity contribution is 7.20. The lowest BCUT2D eigenvalue weighted by molar-refractivity contribution is 0.103. The van der Waals surface area contributed by atoms with Gasteiger partial charge in [0.25, 0.3) is 5.91 Å². The summed E-state index contributed by atoms with van der Waals surface area (Å²) in [5, 5.41) is 8.04. The van der Waals surface area contributed by atoms with Crippen LogP contribution in [0.1, 0.15) is 9.67 Å². The third-order valence-corrected chi connectivity index (χ3v) is 4.93. The van der Waals surface area contributed by atoms with Gasteiger partial charge in [0.15, 0.2) is 5.82 Å². The van der Waals surface area contributed by atoms with Gasteiger partial charge in [-0.25, -0.2) is 4.98 Å². The number of thiophene rings is 1. The fourth-order valence-electron chi connectivity index (χ4n) is 2.58. The van der Waals surface area contributed by atoms with Crippen molar-refractivity contribution in [3.63, 3.8) is 0 Å². The molecule has 3 heterocycles. The van der Waals surface area contributed by atoms with Gasteiger partial charge in [0.05, 0.1) is 24.4 Å². The fraction of sp³-hybridized carbons (Fsp3) is 0.111. The van der Waals surface area contributed by atoms with Gasteiger partial charge in [-0.15, -0.1) is 11.3 Å². The van der Waals surface area contributed by atoms with E-state index in [1.807, 2.05) is 43.6 Å². The molecule has 8 heteroatoms. The standard InChI is InChI=1S/C18H15N5O2S/c1-23-10-12(8-20-23)16-17(21-15(25-2)9-19-16)22-18(24)14-7-11-5-3-4-6-13(11)26-14/h3-10H,1-2H3,(H,21,22,24). The predicted molar refractivity (Wildman–Crippen MR) is 101 cm³/mol. The van der Waals surface area contributed by atoms with Gasteiger partial charge < -0.3 is 10.1 Å². The third kappa shape index (κ3) is 3.02. The van der Waals surface area contributed by atoms with Crippen molar-refractivity contribution in [2.75, 3.05) is 12.4 Å². The summed E-state index contributed by atoms with van der Waals surface area (Å²) in [6, 6.07) is 9.74. The van der Waals surface area contributed by atoms with E-state index in [1.165, 1.54) is 24.6 Å². The Hall–Kier alpha value is -3.26. The number of aromatic nitrogens is 4. The molecule has 4 aromatic rings. The van der Waals surface area contributed by atoms with E-state index in [-0.39, 0.29) is 5.91 Å². The van der Waals surface area contributed by atoms with Crippen molar-refractivity contribution in [1.29, 1.82) is 0 Å². The van der Waals surface area contributed by atoms with E-state index < -0.39 is 0 Å². The first-order valence-electron chi connectivity index (χ1n) is 7.84. The average molecular weight is 365 g/mol. The smallest absolute Gasteiger partial charge is 0.266 e. The predicted octanol–water partition coefficient (Wildman–Crippen LogP) is 3.35. The molecule has 0 fully saturated rings. The molecule has 0 atom stereocenters. The zero-order valence-corrected chi connectivity index (χ0v) is 14.9. The minimum Gasteiger partial charge on any atom is -0.480 e. The van der Waals surface area contributed by atoms with Crippen LogP contribution in [0.15, 0.2) is 48.9 Å². The van der Waals surface area contributed by atoms with Gasteiger partial charge in [-0.1, -0.05) is 18.2 Å². The molecule has 130 valence electrons. The molecule has 0 saturated carbocycles. The summed E-state index contributed by atoms with van der Waals surface area (Å²) in [5.74, 6) is 0.419. The summed E-state index contributed by atoms with van der Waals surface area (Å²) in [4.78, 5) is 22.1. The van der Waals surface area contributed by atoms with E-state index in [9.17, 15) is 4.79 Å². The Bertz CT molecular complexity index is 1070. The Kier molecular flexibility index (Phi) is 4.10. The second-order valence-electron chi connectivity index (χ2n) is 5.61. The molecule has 1 aromatic carbocycles. The van der Waals surface area contributed by atoms with Crippen LogP contribution < -0.4 is 10.1 Å². The van der Waals surface area contributed by atoms with Crippen molar-refractivity contribution < 1.29 is 9.53 Å². The maximum atomic E-state index is 12.7. The molecule has 4 rings (SSSR count). The summed E-state index contributed by atoms with van der Waals surface area (Å²) in [6.45, 7) is 0. The minimum absolute atomic E-state index is 0.237. The van der Waals surface area contributed by atoms with Crippen LogP contribution in [0.25, 0.3) is 21.3 Å². The number of carbonyl (C=O) groups excluding carboxylic acids is 1. The first-order valence-corrected chi connectivity index (χ1v) is 8.65. The van der Waals surface area contributed by atoms with Gasteiger partial charge in [0, 0.05) is 23.5 Å². The number of amides is 1. The highest BCUT2D eigenvalue weighted by atomic mass is 32.1. The van der Waals surface area contributed by atoms with Gasteiger partial charge in [-0.2, -0.15) is 10.1 Å². The number of fused-ring (bicyclic) bond motifs is 1. The molecular weight excluding hydrogens is 350 g/mol. The molecule has 1 amide bonds. The van der Waals surface area contributed by atoms with E-state index in [4.69, 9.17) is 4.74 Å². The van der Waals surface area contributed by atoms with Crippen LogP contribution >= 0.6 is 11.3 Å². The quantitative estimate of drug-likeness (QED) is 0.600. The second-order valence-corrected chi connectivity index (χ2v) is 6.70. The Labute approximate surface area is 153 Å². The van der Waals surface area contributed by atoms with Crippen molar-refractivity contribution in [1.82, 2.24) is 19.7 Å². The van der Waals surface area contributed by atoms with Crippen molar-refractivity contribution in [2.24, 2.45) is 7.05 Å². The van der Waals surface area contributed by atoms with Gasteiger partial charge >= 0.3 is 0 Å². The van der Waals surface area contributed by atoms with E-state index in [2.05, 4.69) is 20.4 Å². The monoisotopic (exact) mass is 365 g/mol. The maximum Gasteiger partial charge on any atom is 0.266 e. The number of carbonyl (C=O) groups is 1. The molecule has 0 bridgehead atoms. The number of benzene rings is 1. The van der Waals surface area contributed by atoms with E-state index in [1.54, 1.807) is 10.9 Å². The lowest BCUT2D eigenvalue weighted by atomic mass is 10.2. The number of ether oxygens (including phenoxy) is 1. The summed E-state index contributed by atoms with van der Waals surface area (Å²) < 4.78 is 7.87. The first-order chi connectivity index (χ1) is 12.6. The molecule has 3 aromatic heterocycles. The number of methoxy groups -OCH3 is 1. The van der Waals surface area contributed by atoms with Gasteiger partial charge in [0.1, 0.15) is 5.69 Å². The molecule has 0 radical (unpaired) electrons. The third-order valence-electron chi connectivity index (χ3n) is 3.82. The van der Waals surface area contributed by atoms with Gasteiger partial charge in [-0.3, -0.25) is 9.48 Å². The number of aryl methyl sites for hydroxylation is 1. The van der Waals surface area contributed by atoms with Gasteiger partial charge in [0.2, 0.25) is 5.88 Å². The van der Waals surface area contributed by atoms with E-state index in [0.717, 1.165) is 15.6 Å². The number of hydrogen-bond donors (Lipinski definition) is 1. The Morgan fingerprint density at radius 1 is 1.27 bits per heavy atom. The van der Waals surface area contributed by atoms with Crippen LogP contribution in [-0.2, 0) is 7.05 Å². The number of nitrogens with zero attached hydrogens (tertiary/aromatic N) is 4. The highest BCUT2D eigenvalue weighted by Gasteiger charge is 2.17. The molecule has 0 aliphatic carbocycles. The Morgan fingerprint density at radius 2 is 2.12 bits per heavy atom. The highest BCUT2D eigenvalue weighted by Crippen LogP contribution is 2.29. The largest absolute Gasteiger partial charge is 0.480 e. The normalized spacial score (nSPS) is 10.8. The van der Waals surface area contributed by atoms with E-state index in [0.29, 0.717) is 22.3 Å². The number of rotatable bonds is 4. The molecule has 0 spiro atoms. The Morgan fingerprint density at radius 3 is 2.85 bits per heavy atom. The Balaban J connectivity index is 1.70. The number of hydrogen-bond acceptors (Lipinski definition) is 6. The topological polar surface area (TPSA) is 81.9 Å². The molecule has 0 unspecified atom stereocenters. The lowest BCUT2D eigenvalue weighted by Gasteiger charge is -2.09. The molecular formula is C18H15N5O2S. The zero-order valence-electron chi connectivity index (χ0n) is 14.1. The van der Waals surface area contributed by atoms with Crippen molar-refractivity contribution in [3.8, 4) is 17.1 Å². The van der Waals surface area contributed by atoms with E-state index >= 15 is 0 Å². The van der Waals surface area contributed by atoms with Crippen molar-refractivity contribution >= 4 is 33.1 Å². The van der Waals surface area contributed by atoms with Crippen LogP contribution in [0.3, 0.4) is 0 Å². The summed E-state index contributed by atoms with van der Waals surface area (Å²) in [7, 11) is 3.32. The van der Waals surface area contributed by atoms with Crippen LogP contribution in [0.4, 0.5) is 5.82 Å². The molecule has 0 aliphatic heterocycles. The minimum atomic E-state index is -0.237. The van der Waals surface area contributed by atoms with Crippen molar-refractivity contribution in [2.45, 2.75) is 0 Å². The second kappa shape index (κ2) is 6.57. The summed E-state index contributed by atoms with van der Waals surface area (Å²) in [6.07, 6.45) is 4.99. The first kappa shape index (κ1) is 16.2. The average Bonchev–Trinajstić information content (AvgIpc) is 3.27. The SMILES string of the molecule is COc1cnc(-c2cnn(C)c2)c(NC(=O)c2cc3ccccc3s2)n1. The van der Waals surface area contributed by atoms with Crippen LogP contribution in [0, 0.1) is 0 Å². The summed E-state index contributed by atoms with van der Waals surface area (Å²) >= 11 is 1.43. The number of anilines is 1. The maximum absolute atomic E-state index is 12.7. The molecule has 0 aliphatic rings. The van der Waals surface area contributed by atoms with Crippen LogP contribution in [-0.4, -0.2) is 32.8 Å². The van der Waals surface area contributed by atoms with Crippen LogP contribution in [0.5, 0.6) is 5.88 Å².